The first-order valence-corrected chi connectivity index (χ1v) is 13.1. The number of carbonyl (C=O) groups excluding carboxylic acids is 2. The highest BCUT2D eigenvalue weighted by Gasteiger charge is 2.39. The van der Waals surface area contributed by atoms with Gasteiger partial charge in [0.2, 0.25) is 5.91 Å². The van der Waals surface area contributed by atoms with Crippen LogP contribution in [0.25, 0.3) is 11.3 Å². The van der Waals surface area contributed by atoms with Gasteiger partial charge in [-0.05, 0) is 44.7 Å². The van der Waals surface area contributed by atoms with Crippen molar-refractivity contribution >= 4 is 11.8 Å². The maximum atomic E-state index is 14.2. The Balaban J connectivity index is 1.28. The second-order valence-electron chi connectivity index (χ2n) is 10.4. The van der Waals surface area contributed by atoms with Crippen LogP contribution in [0.4, 0.5) is 8.78 Å². The van der Waals surface area contributed by atoms with Crippen molar-refractivity contribution in [2.75, 3.05) is 19.6 Å². The van der Waals surface area contributed by atoms with Crippen LogP contribution in [0, 0.1) is 17.6 Å². The molecular weight excluding hydrogens is 482 g/mol. The lowest BCUT2D eigenvalue weighted by Crippen LogP contribution is -2.59. The number of piperidine rings is 1. The van der Waals surface area contributed by atoms with Gasteiger partial charge in [0.05, 0.1) is 11.5 Å². The third-order valence-electron chi connectivity index (χ3n) is 7.92. The average molecular weight is 517 g/mol. The van der Waals surface area contributed by atoms with Crippen LogP contribution in [-0.4, -0.2) is 65.7 Å². The van der Waals surface area contributed by atoms with Crippen LogP contribution in [0.2, 0.25) is 0 Å². The smallest absolute Gasteiger partial charge is 0.273 e. The molecule has 4 N–H and O–H groups in total. The monoisotopic (exact) mass is 516 g/mol. The van der Waals surface area contributed by atoms with Crippen molar-refractivity contribution in [2.45, 2.75) is 69.6 Å². The van der Waals surface area contributed by atoms with Crippen molar-refractivity contribution in [1.29, 1.82) is 0 Å². The molecule has 5 rings (SSSR count). The predicted molar refractivity (Wildman–Crippen MR) is 132 cm³/mol. The Hall–Kier alpha value is -2.89. The number of hydrogen-bond donors (Lipinski definition) is 4. The number of carbonyl (C=O) groups is 2. The third-order valence-corrected chi connectivity index (χ3v) is 7.92. The highest BCUT2D eigenvalue weighted by Crippen LogP contribution is 2.29. The Morgan fingerprint density at radius 2 is 1.97 bits per heavy atom. The van der Waals surface area contributed by atoms with Gasteiger partial charge in [0.1, 0.15) is 11.6 Å². The molecule has 37 heavy (non-hydrogen) atoms. The summed E-state index contributed by atoms with van der Waals surface area (Å²) in [7, 11) is 0. The predicted octanol–water partition coefficient (Wildman–Crippen LogP) is 2.35. The van der Waals surface area contributed by atoms with E-state index < -0.39 is 23.5 Å². The SMILES string of the molecule is CC(NC(=O)[C@H]1CN(C2CCCC2)CC[C@@H]1NC(=O)c1cc(-c2ccc(F)cc2F)on1)C1CCNN1. The Labute approximate surface area is 214 Å². The fourth-order valence-electron chi connectivity index (χ4n) is 5.77. The molecule has 0 bridgehead atoms. The second kappa shape index (κ2) is 11.2. The van der Waals surface area contributed by atoms with E-state index in [2.05, 4.69) is 31.5 Å². The van der Waals surface area contributed by atoms with E-state index in [1.165, 1.54) is 25.0 Å². The van der Waals surface area contributed by atoms with Crippen molar-refractivity contribution in [3.8, 4) is 11.3 Å². The number of nitrogens with zero attached hydrogens (tertiary/aromatic N) is 2. The Kier molecular flexibility index (Phi) is 7.82. The lowest BCUT2D eigenvalue weighted by Gasteiger charge is -2.41. The third kappa shape index (κ3) is 5.83. The summed E-state index contributed by atoms with van der Waals surface area (Å²) in [6.45, 7) is 4.21. The first-order chi connectivity index (χ1) is 17.9. The van der Waals surface area contributed by atoms with Crippen LogP contribution in [0.5, 0.6) is 0 Å². The number of halogens is 2. The molecule has 3 heterocycles. The lowest BCUT2D eigenvalue weighted by atomic mass is 9.89. The molecule has 2 unspecified atom stereocenters. The van der Waals surface area contributed by atoms with Crippen LogP contribution in [0.3, 0.4) is 0 Å². The number of hydrogen-bond acceptors (Lipinski definition) is 7. The first kappa shape index (κ1) is 25.7. The molecule has 2 amide bonds. The number of rotatable bonds is 7. The molecule has 4 atom stereocenters. The summed E-state index contributed by atoms with van der Waals surface area (Å²) >= 11 is 0. The molecule has 11 heteroatoms. The molecule has 0 spiro atoms. The summed E-state index contributed by atoms with van der Waals surface area (Å²) in [6.07, 6.45) is 6.25. The molecule has 2 saturated heterocycles. The standard InChI is InChI=1S/C26H34F2N6O3/c1-15(21-8-10-29-32-21)30-25(35)19-14-34(17-4-2-3-5-17)11-9-22(19)31-26(36)23-13-24(37-33-23)18-7-6-16(27)12-20(18)28/h6-7,12-13,15,17,19,21-22,29,32H,2-5,8-11,14H2,1H3,(H,30,35)(H,31,36)/t15?,19-,21?,22-/m0/s1. The molecule has 3 aliphatic rings. The van der Waals surface area contributed by atoms with Gasteiger partial charge in [-0.2, -0.15) is 0 Å². The van der Waals surface area contributed by atoms with Crippen LogP contribution in [-0.2, 0) is 4.79 Å². The zero-order valence-corrected chi connectivity index (χ0v) is 20.9. The fraction of sp³-hybridized carbons (Fsp3) is 0.577. The molecule has 200 valence electrons. The second-order valence-corrected chi connectivity index (χ2v) is 10.4. The van der Waals surface area contributed by atoms with Gasteiger partial charge in [-0.15, -0.1) is 0 Å². The number of likely N-dealkylation sites (tertiary alicyclic amines) is 1. The molecule has 2 aromatic rings. The summed E-state index contributed by atoms with van der Waals surface area (Å²) in [4.78, 5) is 28.9. The van der Waals surface area contributed by atoms with Crippen LogP contribution >= 0.6 is 0 Å². The highest BCUT2D eigenvalue weighted by atomic mass is 19.1. The lowest BCUT2D eigenvalue weighted by molar-refractivity contribution is -0.128. The van der Waals surface area contributed by atoms with E-state index in [-0.39, 0.29) is 41.1 Å². The molecule has 2 aliphatic heterocycles. The van der Waals surface area contributed by atoms with Gasteiger partial charge in [-0.1, -0.05) is 18.0 Å². The first-order valence-electron chi connectivity index (χ1n) is 13.1. The van der Waals surface area contributed by atoms with E-state index in [4.69, 9.17) is 4.52 Å². The minimum atomic E-state index is -0.805. The molecule has 1 aromatic carbocycles. The van der Waals surface area contributed by atoms with Crippen LogP contribution < -0.4 is 21.5 Å². The molecule has 1 saturated carbocycles. The van der Waals surface area contributed by atoms with Crippen LogP contribution in [0.1, 0.15) is 55.9 Å². The number of benzene rings is 1. The minimum Gasteiger partial charge on any atom is -0.355 e. The highest BCUT2D eigenvalue weighted by molar-refractivity contribution is 5.94. The fourth-order valence-corrected chi connectivity index (χ4v) is 5.77. The normalized spacial score (nSPS) is 25.8. The van der Waals surface area contributed by atoms with E-state index in [1.807, 2.05) is 6.92 Å². The molecule has 0 radical (unpaired) electrons. The van der Waals surface area contributed by atoms with Gasteiger partial charge in [0, 0.05) is 55.9 Å². The average Bonchev–Trinajstić information content (AvgIpc) is 3.67. The number of hydrazine groups is 1. The summed E-state index contributed by atoms with van der Waals surface area (Å²) in [5.74, 6) is -2.48. The van der Waals surface area contributed by atoms with Crippen molar-refractivity contribution in [2.24, 2.45) is 5.92 Å². The van der Waals surface area contributed by atoms with Gasteiger partial charge in [0.25, 0.3) is 5.91 Å². The zero-order chi connectivity index (χ0) is 25.9. The van der Waals surface area contributed by atoms with E-state index >= 15 is 0 Å². The Morgan fingerprint density at radius 3 is 2.70 bits per heavy atom. The Bertz CT molecular complexity index is 1120. The van der Waals surface area contributed by atoms with Gasteiger partial charge >= 0.3 is 0 Å². The number of amides is 2. The maximum Gasteiger partial charge on any atom is 0.273 e. The maximum absolute atomic E-state index is 14.2. The van der Waals surface area contributed by atoms with Gasteiger partial charge in [0.15, 0.2) is 11.5 Å². The zero-order valence-electron chi connectivity index (χ0n) is 20.9. The van der Waals surface area contributed by atoms with Gasteiger partial charge < -0.3 is 15.2 Å². The molecular formula is C26H34F2N6O3. The van der Waals surface area contributed by atoms with Gasteiger partial charge in [-0.25, -0.2) is 8.78 Å². The van der Waals surface area contributed by atoms with E-state index in [0.717, 1.165) is 44.5 Å². The molecule has 3 fully saturated rings. The van der Waals surface area contributed by atoms with Crippen LogP contribution in [0.15, 0.2) is 28.8 Å². The van der Waals surface area contributed by atoms with Crippen molar-refractivity contribution in [3.63, 3.8) is 0 Å². The van der Waals surface area contributed by atoms with E-state index in [9.17, 15) is 18.4 Å². The molecule has 1 aromatic heterocycles. The minimum absolute atomic E-state index is 0.0130. The summed E-state index contributed by atoms with van der Waals surface area (Å²) in [5, 5.41) is 9.93. The largest absolute Gasteiger partial charge is 0.355 e. The van der Waals surface area contributed by atoms with E-state index in [1.54, 1.807) is 0 Å². The molecule has 9 nitrogen and oxygen atoms in total. The van der Waals surface area contributed by atoms with Crippen molar-refractivity contribution in [3.05, 3.63) is 41.6 Å². The molecule has 1 aliphatic carbocycles. The summed E-state index contributed by atoms with van der Waals surface area (Å²) < 4.78 is 32.6. The number of nitrogens with one attached hydrogen (secondary N) is 4. The quantitative estimate of drug-likeness (QED) is 0.447. The van der Waals surface area contributed by atoms with E-state index in [0.29, 0.717) is 19.0 Å². The Morgan fingerprint density at radius 1 is 1.16 bits per heavy atom. The van der Waals surface area contributed by atoms with Crippen molar-refractivity contribution < 1.29 is 22.9 Å². The number of aromatic nitrogens is 1. The summed E-state index contributed by atoms with van der Waals surface area (Å²) in [5.41, 5.74) is 6.28. The topological polar surface area (TPSA) is 112 Å². The summed E-state index contributed by atoms with van der Waals surface area (Å²) in [6, 6.07) is 4.61. The van der Waals surface area contributed by atoms with Crippen molar-refractivity contribution in [1.82, 2.24) is 31.5 Å². The van der Waals surface area contributed by atoms with Gasteiger partial charge in [-0.3, -0.25) is 25.3 Å².